The zero-order valence-corrected chi connectivity index (χ0v) is 9.37. The standard InChI is InChI=1S/C11H13N3S/c1-2-9(11(12)15)14-7-13-8-5-3-4-6-10(8)14/h3-7,9H,2H2,1H3,(H2,12,15). The summed E-state index contributed by atoms with van der Waals surface area (Å²) in [6.45, 7) is 2.07. The number of hydrogen-bond donors (Lipinski definition) is 1. The quantitative estimate of drug-likeness (QED) is 0.805. The Morgan fingerprint density at radius 1 is 1.53 bits per heavy atom. The molecule has 0 spiro atoms. The van der Waals surface area contributed by atoms with E-state index in [0.29, 0.717) is 4.99 Å². The molecule has 1 aromatic carbocycles. The highest BCUT2D eigenvalue weighted by Gasteiger charge is 2.13. The number of benzene rings is 1. The normalized spacial score (nSPS) is 12.9. The average Bonchev–Trinajstić information content (AvgIpc) is 2.63. The second-order valence-corrected chi connectivity index (χ2v) is 3.94. The van der Waals surface area contributed by atoms with Gasteiger partial charge in [0.05, 0.1) is 28.4 Å². The van der Waals surface area contributed by atoms with Crippen molar-refractivity contribution in [1.29, 1.82) is 0 Å². The van der Waals surface area contributed by atoms with Gasteiger partial charge in [0, 0.05) is 0 Å². The molecular weight excluding hydrogens is 206 g/mol. The molecule has 0 fully saturated rings. The predicted molar refractivity (Wildman–Crippen MR) is 65.8 cm³/mol. The molecule has 15 heavy (non-hydrogen) atoms. The van der Waals surface area contributed by atoms with E-state index in [0.717, 1.165) is 17.5 Å². The second-order valence-electron chi connectivity index (χ2n) is 3.47. The first-order valence-electron chi connectivity index (χ1n) is 4.95. The molecule has 1 aromatic heterocycles. The molecule has 0 bridgehead atoms. The summed E-state index contributed by atoms with van der Waals surface area (Å²) in [7, 11) is 0. The van der Waals surface area contributed by atoms with Gasteiger partial charge in [-0.3, -0.25) is 0 Å². The number of imidazole rings is 1. The fourth-order valence-electron chi connectivity index (χ4n) is 1.76. The van der Waals surface area contributed by atoms with Gasteiger partial charge in [-0.25, -0.2) is 4.98 Å². The van der Waals surface area contributed by atoms with Gasteiger partial charge >= 0.3 is 0 Å². The Kier molecular flexibility index (Phi) is 2.68. The van der Waals surface area contributed by atoms with Crippen molar-refractivity contribution in [2.45, 2.75) is 19.4 Å². The zero-order valence-electron chi connectivity index (χ0n) is 8.55. The van der Waals surface area contributed by atoms with E-state index in [-0.39, 0.29) is 6.04 Å². The lowest BCUT2D eigenvalue weighted by Gasteiger charge is -2.15. The summed E-state index contributed by atoms with van der Waals surface area (Å²) in [6, 6.07) is 8.04. The number of nitrogens with zero attached hydrogens (tertiary/aromatic N) is 2. The third kappa shape index (κ3) is 1.72. The van der Waals surface area contributed by atoms with Crippen LogP contribution in [-0.4, -0.2) is 14.5 Å². The third-order valence-corrected chi connectivity index (χ3v) is 2.80. The molecule has 0 aliphatic heterocycles. The maximum Gasteiger partial charge on any atom is 0.0964 e. The maximum atomic E-state index is 5.71. The van der Waals surface area contributed by atoms with Crippen molar-refractivity contribution in [3.05, 3.63) is 30.6 Å². The van der Waals surface area contributed by atoms with Gasteiger partial charge in [-0.2, -0.15) is 0 Å². The van der Waals surface area contributed by atoms with Crippen LogP contribution in [0, 0.1) is 0 Å². The van der Waals surface area contributed by atoms with Crippen LogP contribution in [0.25, 0.3) is 11.0 Å². The number of aromatic nitrogens is 2. The van der Waals surface area contributed by atoms with Gasteiger partial charge in [-0.05, 0) is 18.6 Å². The smallest absolute Gasteiger partial charge is 0.0964 e. The molecule has 0 radical (unpaired) electrons. The molecule has 0 aliphatic rings. The largest absolute Gasteiger partial charge is 0.392 e. The van der Waals surface area contributed by atoms with Gasteiger partial charge in [0.25, 0.3) is 0 Å². The molecule has 1 unspecified atom stereocenters. The summed E-state index contributed by atoms with van der Waals surface area (Å²) in [6.07, 6.45) is 2.69. The number of rotatable bonds is 3. The number of hydrogen-bond acceptors (Lipinski definition) is 2. The van der Waals surface area contributed by atoms with Crippen LogP contribution in [0.1, 0.15) is 19.4 Å². The van der Waals surface area contributed by atoms with E-state index in [1.807, 2.05) is 28.8 Å². The van der Waals surface area contributed by atoms with Gasteiger partial charge < -0.3 is 10.3 Å². The molecule has 0 saturated heterocycles. The second kappa shape index (κ2) is 3.98. The van der Waals surface area contributed by atoms with Gasteiger partial charge in [0.15, 0.2) is 0 Å². The molecule has 1 heterocycles. The Balaban J connectivity index is 2.55. The number of thiocarbonyl (C=S) groups is 1. The predicted octanol–water partition coefficient (Wildman–Crippen LogP) is 2.27. The van der Waals surface area contributed by atoms with Crippen molar-refractivity contribution in [2.24, 2.45) is 5.73 Å². The molecule has 2 N–H and O–H groups in total. The van der Waals surface area contributed by atoms with Crippen LogP contribution in [-0.2, 0) is 0 Å². The summed E-state index contributed by atoms with van der Waals surface area (Å²) < 4.78 is 2.04. The van der Waals surface area contributed by atoms with Gasteiger partial charge in [0.2, 0.25) is 0 Å². The fourth-order valence-corrected chi connectivity index (χ4v) is 2.04. The molecule has 2 rings (SSSR count). The first kappa shape index (κ1) is 10.1. The molecule has 4 heteroatoms. The SMILES string of the molecule is CCC(C(N)=S)n1cnc2ccccc21. The topological polar surface area (TPSA) is 43.8 Å². The van der Waals surface area contributed by atoms with E-state index < -0.39 is 0 Å². The van der Waals surface area contributed by atoms with Crippen molar-refractivity contribution in [2.75, 3.05) is 0 Å². The molecule has 2 aromatic rings. The van der Waals surface area contributed by atoms with Crippen LogP contribution in [0.4, 0.5) is 0 Å². The molecule has 0 aliphatic carbocycles. The van der Waals surface area contributed by atoms with E-state index in [4.69, 9.17) is 18.0 Å². The van der Waals surface area contributed by atoms with Crippen molar-refractivity contribution in [1.82, 2.24) is 9.55 Å². The minimum Gasteiger partial charge on any atom is -0.392 e. The lowest BCUT2D eigenvalue weighted by molar-refractivity contribution is 0.636. The number of fused-ring (bicyclic) bond motifs is 1. The maximum absolute atomic E-state index is 5.71. The third-order valence-electron chi connectivity index (χ3n) is 2.53. The Hall–Kier alpha value is -1.42. The molecule has 1 atom stereocenters. The summed E-state index contributed by atoms with van der Waals surface area (Å²) in [5, 5.41) is 0. The van der Waals surface area contributed by atoms with Crippen LogP contribution in [0.5, 0.6) is 0 Å². The lowest BCUT2D eigenvalue weighted by Crippen LogP contribution is -2.23. The van der Waals surface area contributed by atoms with Crippen LogP contribution in [0.15, 0.2) is 30.6 Å². The van der Waals surface area contributed by atoms with Crippen LogP contribution in [0.3, 0.4) is 0 Å². The van der Waals surface area contributed by atoms with E-state index in [1.165, 1.54) is 0 Å². The molecular formula is C11H13N3S. The summed E-state index contributed by atoms with van der Waals surface area (Å²) in [5.74, 6) is 0. The fraction of sp³-hybridized carbons (Fsp3) is 0.273. The Bertz CT molecular complexity index is 489. The lowest BCUT2D eigenvalue weighted by atomic mass is 10.2. The Labute approximate surface area is 93.9 Å². The van der Waals surface area contributed by atoms with E-state index in [9.17, 15) is 0 Å². The zero-order chi connectivity index (χ0) is 10.8. The summed E-state index contributed by atoms with van der Waals surface area (Å²) in [4.78, 5) is 4.83. The van der Waals surface area contributed by atoms with Crippen LogP contribution in [0.2, 0.25) is 0 Å². The molecule has 0 saturated carbocycles. The van der Waals surface area contributed by atoms with Crippen molar-refractivity contribution in [3.63, 3.8) is 0 Å². The van der Waals surface area contributed by atoms with E-state index >= 15 is 0 Å². The van der Waals surface area contributed by atoms with Crippen LogP contribution >= 0.6 is 12.2 Å². The number of para-hydroxylation sites is 2. The monoisotopic (exact) mass is 219 g/mol. The highest BCUT2D eigenvalue weighted by atomic mass is 32.1. The van der Waals surface area contributed by atoms with Crippen molar-refractivity contribution in [3.8, 4) is 0 Å². The first-order valence-corrected chi connectivity index (χ1v) is 5.35. The Morgan fingerprint density at radius 2 is 2.27 bits per heavy atom. The average molecular weight is 219 g/mol. The van der Waals surface area contributed by atoms with Crippen LogP contribution < -0.4 is 5.73 Å². The van der Waals surface area contributed by atoms with E-state index in [1.54, 1.807) is 6.33 Å². The minimum atomic E-state index is 0.0624. The van der Waals surface area contributed by atoms with E-state index in [2.05, 4.69) is 11.9 Å². The highest BCUT2D eigenvalue weighted by molar-refractivity contribution is 7.80. The van der Waals surface area contributed by atoms with Crippen molar-refractivity contribution >= 4 is 28.2 Å². The van der Waals surface area contributed by atoms with Crippen molar-refractivity contribution < 1.29 is 0 Å². The van der Waals surface area contributed by atoms with Gasteiger partial charge in [-0.15, -0.1) is 0 Å². The Morgan fingerprint density at radius 3 is 2.93 bits per heavy atom. The molecule has 0 amide bonds. The summed E-state index contributed by atoms with van der Waals surface area (Å²) >= 11 is 5.06. The van der Waals surface area contributed by atoms with Gasteiger partial charge in [-0.1, -0.05) is 31.3 Å². The highest BCUT2D eigenvalue weighted by Crippen LogP contribution is 2.19. The summed E-state index contributed by atoms with van der Waals surface area (Å²) in [5.41, 5.74) is 7.77. The molecule has 78 valence electrons. The molecule has 3 nitrogen and oxygen atoms in total. The first-order chi connectivity index (χ1) is 7.24. The number of nitrogens with two attached hydrogens (primary N) is 1. The minimum absolute atomic E-state index is 0.0624. The van der Waals surface area contributed by atoms with Gasteiger partial charge in [0.1, 0.15) is 0 Å².